The van der Waals surface area contributed by atoms with Crippen LogP contribution in [0, 0.1) is 10.1 Å². The zero-order valence-corrected chi connectivity index (χ0v) is 15.0. The van der Waals surface area contributed by atoms with Gasteiger partial charge in [-0.25, -0.2) is 0 Å². The van der Waals surface area contributed by atoms with Crippen molar-refractivity contribution in [3.8, 4) is 11.5 Å². The lowest BCUT2D eigenvalue weighted by atomic mass is 10.1. The van der Waals surface area contributed by atoms with E-state index in [-0.39, 0.29) is 23.5 Å². The minimum atomic E-state index is -0.583. The predicted octanol–water partition coefficient (Wildman–Crippen LogP) is 3.16. The molecule has 0 saturated heterocycles. The van der Waals surface area contributed by atoms with Gasteiger partial charge in [-0.3, -0.25) is 14.9 Å². The normalized spacial score (nSPS) is 10.9. The fourth-order valence-electron chi connectivity index (χ4n) is 2.70. The van der Waals surface area contributed by atoms with Gasteiger partial charge in [-0.05, 0) is 46.2 Å². The van der Waals surface area contributed by atoms with Gasteiger partial charge in [0.25, 0.3) is 5.69 Å². The number of carbonyl (C=O) groups excluding carboxylic acids is 1. The zero-order chi connectivity index (χ0) is 20.1. The van der Waals surface area contributed by atoms with Crippen LogP contribution in [-0.4, -0.2) is 17.9 Å². The van der Waals surface area contributed by atoms with E-state index in [0.29, 0.717) is 0 Å². The molecule has 142 valence electrons. The van der Waals surface area contributed by atoms with Crippen molar-refractivity contribution in [1.82, 2.24) is 5.32 Å². The van der Waals surface area contributed by atoms with Crippen molar-refractivity contribution >= 4 is 28.4 Å². The molecule has 0 aliphatic rings. The molecule has 7 heteroatoms. The van der Waals surface area contributed by atoms with Crippen LogP contribution in [0.4, 0.5) is 5.69 Å². The standard InChI is InChI=1S/C21H18N2O5/c1-28-19-7-5-15-10-14(2-4-16(15)12-19)3-9-21(25)22-13-17-11-18(23(26)27)6-8-20(17)24/h2-12,24H,13H2,1H3,(H,22,25)/p-1/b9-3+. The first-order chi connectivity index (χ1) is 13.5. The van der Waals surface area contributed by atoms with Crippen molar-refractivity contribution in [1.29, 1.82) is 0 Å². The molecule has 0 fully saturated rings. The van der Waals surface area contributed by atoms with E-state index < -0.39 is 10.8 Å². The second-order valence-corrected chi connectivity index (χ2v) is 6.07. The smallest absolute Gasteiger partial charge is 0.269 e. The van der Waals surface area contributed by atoms with E-state index in [4.69, 9.17) is 4.74 Å². The molecular formula is C21H17N2O5-. The Labute approximate surface area is 161 Å². The number of benzene rings is 3. The molecular weight excluding hydrogens is 360 g/mol. The Morgan fingerprint density at radius 1 is 1.11 bits per heavy atom. The average molecular weight is 377 g/mol. The second-order valence-electron chi connectivity index (χ2n) is 6.07. The Balaban J connectivity index is 1.66. The van der Waals surface area contributed by atoms with Crippen molar-refractivity contribution in [2.45, 2.75) is 6.54 Å². The van der Waals surface area contributed by atoms with Crippen molar-refractivity contribution in [3.05, 3.63) is 81.9 Å². The molecule has 0 unspecified atom stereocenters. The van der Waals surface area contributed by atoms with Gasteiger partial charge in [-0.1, -0.05) is 24.3 Å². The number of hydrogen-bond donors (Lipinski definition) is 1. The van der Waals surface area contributed by atoms with Gasteiger partial charge in [-0.15, -0.1) is 5.75 Å². The minimum absolute atomic E-state index is 0.0821. The lowest BCUT2D eigenvalue weighted by Crippen LogP contribution is -2.21. The van der Waals surface area contributed by atoms with E-state index in [9.17, 15) is 20.0 Å². The highest BCUT2D eigenvalue weighted by Gasteiger charge is 2.07. The molecule has 0 radical (unpaired) electrons. The summed E-state index contributed by atoms with van der Waals surface area (Å²) in [7, 11) is 1.61. The van der Waals surface area contributed by atoms with Crippen molar-refractivity contribution in [2.24, 2.45) is 0 Å². The zero-order valence-electron chi connectivity index (χ0n) is 15.0. The number of methoxy groups -OCH3 is 1. The van der Waals surface area contributed by atoms with Crippen LogP contribution < -0.4 is 15.2 Å². The quantitative estimate of drug-likeness (QED) is 0.404. The molecule has 0 aromatic heterocycles. The van der Waals surface area contributed by atoms with Crippen LogP contribution in [0.1, 0.15) is 11.1 Å². The molecule has 1 N–H and O–H groups in total. The fourth-order valence-corrected chi connectivity index (χ4v) is 2.70. The molecule has 0 spiro atoms. The molecule has 3 aromatic carbocycles. The average Bonchev–Trinajstić information content (AvgIpc) is 2.70. The van der Waals surface area contributed by atoms with E-state index in [0.717, 1.165) is 34.2 Å². The largest absolute Gasteiger partial charge is 0.872 e. The predicted molar refractivity (Wildman–Crippen MR) is 104 cm³/mol. The summed E-state index contributed by atoms with van der Waals surface area (Å²) in [6.45, 7) is -0.0821. The number of carbonyl (C=O) groups is 1. The van der Waals surface area contributed by atoms with E-state index in [1.807, 2.05) is 36.4 Å². The Hall–Kier alpha value is -3.87. The van der Waals surface area contributed by atoms with E-state index in [2.05, 4.69) is 5.32 Å². The first kappa shape index (κ1) is 18.9. The van der Waals surface area contributed by atoms with Gasteiger partial charge in [-0.2, -0.15) is 0 Å². The Morgan fingerprint density at radius 2 is 1.86 bits per heavy atom. The van der Waals surface area contributed by atoms with Gasteiger partial charge in [0.15, 0.2) is 0 Å². The van der Waals surface area contributed by atoms with Crippen LogP contribution in [0.3, 0.4) is 0 Å². The third-order valence-corrected chi connectivity index (χ3v) is 4.21. The Morgan fingerprint density at radius 3 is 2.61 bits per heavy atom. The molecule has 0 atom stereocenters. The number of ether oxygens (including phenoxy) is 1. The summed E-state index contributed by atoms with van der Waals surface area (Å²) in [6, 6.07) is 14.9. The monoisotopic (exact) mass is 377 g/mol. The first-order valence-corrected chi connectivity index (χ1v) is 8.44. The first-order valence-electron chi connectivity index (χ1n) is 8.44. The lowest BCUT2D eigenvalue weighted by Gasteiger charge is -2.12. The van der Waals surface area contributed by atoms with Crippen LogP contribution in [0.15, 0.2) is 60.7 Å². The van der Waals surface area contributed by atoms with Gasteiger partial charge < -0.3 is 15.2 Å². The maximum atomic E-state index is 12.0. The van der Waals surface area contributed by atoms with Crippen LogP contribution in [0.25, 0.3) is 16.8 Å². The summed E-state index contributed by atoms with van der Waals surface area (Å²) >= 11 is 0. The summed E-state index contributed by atoms with van der Waals surface area (Å²) < 4.78 is 5.20. The summed E-state index contributed by atoms with van der Waals surface area (Å²) in [6.07, 6.45) is 3.01. The second kappa shape index (κ2) is 8.22. The highest BCUT2D eigenvalue weighted by Crippen LogP contribution is 2.23. The summed E-state index contributed by atoms with van der Waals surface area (Å²) in [5, 5.41) is 27.1. The highest BCUT2D eigenvalue weighted by molar-refractivity contribution is 5.93. The molecule has 0 heterocycles. The van der Waals surface area contributed by atoms with Crippen LogP contribution in [0.5, 0.6) is 11.5 Å². The number of fused-ring (bicyclic) bond motifs is 1. The molecule has 3 aromatic rings. The number of amides is 1. The minimum Gasteiger partial charge on any atom is -0.872 e. The molecule has 1 amide bonds. The third kappa shape index (κ3) is 4.45. The number of non-ortho nitro benzene ring substituents is 1. The molecule has 0 saturated carbocycles. The molecule has 28 heavy (non-hydrogen) atoms. The summed E-state index contributed by atoms with van der Waals surface area (Å²) in [4.78, 5) is 22.2. The maximum absolute atomic E-state index is 12.0. The van der Waals surface area contributed by atoms with Crippen LogP contribution in [0.2, 0.25) is 0 Å². The van der Waals surface area contributed by atoms with Crippen LogP contribution in [-0.2, 0) is 11.3 Å². The lowest BCUT2D eigenvalue weighted by molar-refractivity contribution is -0.385. The van der Waals surface area contributed by atoms with E-state index in [1.54, 1.807) is 13.2 Å². The van der Waals surface area contributed by atoms with Gasteiger partial charge in [0.05, 0.1) is 12.0 Å². The topological polar surface area (TPSA) is 105 Å². The molecule has 0 aliphatic carbocycles. The number of nitrogens with one attached hydrogen (secondary N) is 1. The van der Waals surface area contributed by atoms with E-state index >= 15 is 0 Å². The van der Waals surface area contributed by atoms with Gasteiger partial charge >= 0.3 is 0 Å². The Kier molecular flexibility index (Phi) is 5.55. The number of rotatable bonds is 6. The molecule has 0 aliphatic heterocycles. The van der Waals surface area contributed by atoms with E-state index in [1.165, 1.54) is 12.1 Å². The number of nitro benzene ring substituents is 1. The van der Waals surface area contributed by atoms with Crippen LogP contribution >= 0.6 is 0 Å². The maximum Gasteiger partial charge on any atom is 0.269 e. The van der Waals surface area contributed by atoms with Gasteiger partial charge in [0.2, 0.25) is 5.91 Å². The molecule has 3 rings (SSSR count). The SMILES string of the molecule is COc1ccc2cc(/C=C/C(=O)NCc3cc([N+](=O)[O-])ccc3[O-])ccc2c1. The fraction of sp³-hybridized carbons (Fsp3) is 0.0952. The van der Waals surface area contributed by atoms with Gasteiger partial charge in [0.1, 0.15) is 5.75 Å². The molecule has 0 bridgehead atoms. The Bertz CT molecular complexity index is 1080. The highest BCUT2D eigenvalue weighted by atomic mass is 16.6. The molecule has 7 nitrogen and oxygen atoms in total. The van der Waals surface area contributed by atoms with Crippen molar-refractivity contribution in [3.63, 3.8) is 0 Å². The summed E-state index contributed by atoms with van der Waals surface area (Å²) in [5.41, 5.74) is 0.815. The third-order valence-electron chi connectivity index (χ3n) is 4.21. The summed E-state index contributed by atoms with van der Waals surface area (Å²) in [5.74, 6) is 0.00892. The van der Waals surface area contributed by atoms with Crippen molar-refractivity contribution in [2.75, 3.05) is 7.11 Å². The number of nitro groups is 1. The number of nitrogens with zero attached hydrogens (tertiary/aromatic N) is 1. The van der Waals surface area contributed by atoms with Crippen molar-refractivity contribution < 1.29 is 19.6 Å². The van der Waals surface area contributed by atoms with Gasteiger partial charge in [0, 0.05) is 24.8 Å². The number of hydrogen-bond acceptors (Lipinski definition) is 5.